The van der Waals surface area contributed by atoms with Crippen LogP contribution in [-0.4, -0.2) is 27.4 Å². The highest BCUT2D eigenvalue weighted by atomic mass is 16.5. The highest BCUT2D eigenvalue weighted by molar-refractivity contribution is 5.35. The van der Waals surface area contributed by atoms with Crippen molar-refractivity contribution in [3.63, 3.8) is 0 Å². The van der Waals surface area contributed by atoms with Crippen LogP contribution in [0.2, 0.25) is 0 Å². The Bertz CT molecular complexity index is 328. The Labute approximate surface area is 104 Å². The van der Waals surface area contributed by atoms with Gasteiger partial charge in [-0.3, -0.25) is 0 Å². The molecule has 17 heavy (non-hydrogen) atoms. The second-order valence-electron chi connectivity index (χ2n) is 4.21. The minimum atomic E-state index is 0.292. The van der Waals surface area contributed by atoms with Crippen molar-refractivity contribution in [1.29, 1.82) is 0 Å². The highest BCUT2D eigenvalue weighted by Gasteiger charge is 2.14. The fourth-order valence-corrected chi connectivity index (χ4v) is 1.93. The molecule has 0 radical (unpaired) electrons. The molecule has 1 N–H and O–H groups in total. The summed E-state index contributed by atoms with van der Waals surface area (Å²) in [6.07, 6.45) is 2.35. The quantitative estimate of drug-likeness (QED) is 0.791. The third kappa shape index (κ3) is 4.02. The molecule has 3 heteroatoms. The zero-order valence-electron chi connectivity index (χ0n) is 11.2. The summed E-state index contributed by atoms with van der Waals surface area (Å²) in [5.41, 5.74) is 1.21. The van der Waals surface area contributed by atoms with Crippen LogP contribution in [0.3, 0.4) is 0 Å². The van der Waals surface area contributed by atoms with E-state index in [0.717, 1.165) is 18.6 Å². The van der Waals surface area contributed by atoms with Gasteiger partial charge in [-0.25, -0.2) is 0 Å². The van der Waals surface area contributed by atoms with Gasteiger partial charge >= 0.3 is 0 Å². The van der Waals surface area contributed by atoms with Crippen molar-refractivity contribution in [2.75, 3.05) is 21.3 Å². The predicted octanol–water partition coefficient (Wildman–Crippen LogP) is 2.77. The fraction of sp³-hybridized carbons (Fsp3) is 0.571. The van der Waals surface area contributed by atoms with Gasteiger partial charge in [0.2, 0.25) is 0 Å². The summed E-state index contributed by atoms with van der Waals surface area (Å²) in [4.78, 5) is 0. The molecule has 0 aromatic heterocycles. The molecule has 0 aliphatic rings. The van der Waals surface area contributed by atoms with Gasteiger partial charge in [0.1, 0.15) is 5.75 Å². The number of hydrogen-bond donors (Lipinski definition) is 1. The standard InChI is InChI=1S/C14H23NO2/c1-11(16-3)9-10-13(15-2)12-7-5-6-8-14(12)17-4/h5-8,11,13,15H,9-10H2,1-4H3. The van der Waals surface area contributed by atoms with Crippen LogP contribution in [0.25, 0.3) is 0 Å². The molecule has 2 atom stereocenters. The van der Waals surface area contributed by atoms with Gasteiger partial charge in [-0.2, -0.15) is 0 Å². The van der Waals surface area contributed by atoms with Crippen LogP contribution in [-0.2, 0) is 4.74 Å². The summed E-state index contributed by atoms with van der Waals surface area (Å²) in [5, 5.41) is 3.34. The predicted molar refractivity (Wildman–Crippen MR) is 70.5 cm³/mol. The monoisotopic (exact) mass is 237 g/mol. The lowest BCUT2D eigenvalue weighted by atomic mass is 9.99. The molecular formula is C14H23NO2. The number of benzene rings is 1. The lowest BCUT2D eigenvalue weighted by Gasteiger charge is -2.20. The average Bonchev–Trinajstić information content (AvgIpc) is 2.39. The maximum absolute atomic E-state index is 5.39. The summed E-state index contributed by atoms with van der Waals surface area (Å²) in [5.74, 6) is 0.942. The third-order valence-electron chi connectivity index (χ3n) is 3.13. The van der Waals surface area contributed by atoms with Crippen LogP contribution < -0.4 is 10.1 Å². The van der Waals surface area contributed by atoms with Crippen molar-refractivity contribution >= 4 is 0 Å². The van der Waals surface area contributed by atoms with Gasteiger partial charge in [0.05, 0.1) is 13.2 Å². The van der Waals surface area contributed by atoms with E-state index in [4.69, 9.17) is 9.47 Å². The Morgan fingerprint density at radius 2 is 1.88 bits per heavy atom. The molecule has 96 valence electrons. The van der Waals surface area contributed by atoms with Crippen molar-refractivity contribution in [2.45, 2.75) is 31.9 Å². The Morgan fingerprint density at radius 3 is 2.47 bits per heavy atom. The van der Waals surface area contributed by atoms with E-state index in [1.165, 1.54) is 5.56 Å². The molecule has 0 fully saturated rings. The minimum absolute atomic E-state index is 0.292. The number of para-hydroxylation sites is 1. The summed E-state index contributed by atoms with van der Waals surface area (Å²) in [6.45, 7) is 2.09. The van der Waals surface area contributed by atoms with E-state index >= 15 is 0 Å². The normalized spacial score (nSPS) is 14.4. The zero-order valence-corrected chi connectivity index (χ0v) is 11.2. The van der Waals surface area contributed by atoms with Crippen molar-refractivity contribution < 1.29 is 9.47 Å². The van der Waals surface area contributed by atoms with E-state index in [-0.39, 0.29) is 0 Å². The smallest absolute Gasteiger partial charge is 0.123 e. The third-order valence-corrected chi connectivity index (χ3v) is 3.13. The van der Waals surface area contributed by atoms with Gasteiger partial charge in [-0.1, -0.05) is 18.2 Å². The topological polar surface area (TPSA) is 30.5 Å². The fourth-order valence-electron chi connectivity index (χ4n) is 1.93. The maximum Gasteiger partial charge on any atom is 0.123 e. The van der Waals surface area contributed by atoms with Gasteiger partial charge < -0.3 is 14.8 Å². The summed E-state index contributed by atoms with van der Waals surface area (Å²) >= 11 is 0. The molecular weight excluding hydrogens is 214 g/mol. The molecule has 2 unspecified atom stereocenters. The zero-order chi connectivity index (χ0) is 12.7. The Morgan fingerprint density at radius 1 is 1.18 bits per heavy atom. The first-order chi connectivity index (χ1) is 8.22. The van der Waals surface area contributed by atoms with Gasteiger partial charge in [-0.15, -0.1) is 0 Å². The molecule has 1 rings (SSSR count). The first-order valence-corrected chi connectivity index (χ1v) is 6.05. The first kappa shape index (κ1) is 14.0. The lowest BCUT2D eigenvalue weighted by molar-refractivity contribution is 0.106. The second-order valence-corrected chi connectivity index (χ2v) is 4.21. The van der Waals surface area contributed by atoms with Crippen LogP contribution in [0.15, 0.2) is 24.3 Å². The average molecular weight is 237 g/mol. The molecule has 0 aliphatic heterocycles. The lowest BCUT2D eigenvalue weighted by Crippen LogP contribution is -2.19. The second kappa shape index (κ2) is 7.30. The molecule has 0 spiro atoms. The van der Waals surface area contributed by atoms with E-state index in [1.807, 2.05) is 25.2 Å². The maximum atomic E-state index is 5.39. The molecule has 0 amide bonds. The van der Waals surface area contributed by atoms with Gasteiger partial charge in [0, 0.05) is 18.7 Å². The molecule has 1 aromatic carbocycles. The molecule has 0 bridgehead atoms. The van der Waals surface area contributed by atoms with Crippen LogP contribution in [0.4, 0.5) is 0 Å². The Balaban J connectivity index is 2.72. The van der Waals surface area contributed by atoms with Gasteiger partial charge in [-0.05, 0) is 32.9 Å². The van der Waals surface area contributed by atoms with Crippen molar-refractivity contribution in [1.82, 2.24) is 5.32 Å². The number of rotatable bonds is 7. The number of hydrogen-bond acceptors (Lipinski definition) is 3. The molecule has 0 heterocycles. The summed E-state index contributed by atoms with van der Waals surface area (Å²) < 4.78 is 10.7. The number of methoxy groups -OCH3 is 2. The molecule has 3 nitrogen and oxygen atoms in total. The first-order valence-electron chi connectivity index (χ1n) is 6.05. The van der Waals surface area contributed by atoms with E-state index in [1.54, 1.807) is 14.2 Å². The minimum Gasteiger partial charge on any atom is -0.496 e. The van der Waals surface area contributed by atoms with Crippen molar-refractivity contribution in [3.05, 3.63) is 29.8 Å². The van der Waals surface area contributed by atoms with Crippen molar-refractivity contribution in [3.8, 4) is 5.75 Å². The van der Waals surface area contributed by atoms with Gasteiger partial charge in [0.15, 0.2) is 0 Å². The highest BCUT2D eigenvalue weighted by Crippen LogP contribution is 2.28. The molecule has 0 aliphatic carbocycles. The van der Waals surface area contributed by atoms with E-state index in [0.29, 0.717) is 12.1 Å². The van der Waals surface area contributed by atoms with E-state index in [9.17, 15) is 0 Å². The SMILES string of the molecule is CNC(CCC(C)OC)c1ccccc1OC. The number of nitrogens with one attached hydrogen (secondary N) is 1. The van der Waals surface area contributed by atoms with Crippen LogP contribution >= 0.6 is 0 Å². The summed E-state index contributed by atoms with van der Waals surface area (Å²) in [7, 11) is 5.44. The van der Waals surface area contributed by atoms with Gasteiger partial charge in [0.25, 0.3) is 0 Å². The van der Waals surface area contributed by atoms with Crippen LogP contribution in [0, 0.1) is 0 Å². The van der Waals surface area contributed by atoms with Crippen LogP contribution in [0.5, 0.6) is 5.75 Å². The largest absolute Gasteiger partial charge is 0.496 e. The van der Waals surface area contributed by atoms with Crippen molar-refractivity contribution in [2.24, 2.45) is 0 Å². The Kier molecular flexibility index (Phi) is 6.01. The van der Waals surface area contributed by atoms with E-state index in [2.05, 4.69) is 18.3 Å². The Hall–Kier alpha value is -1.06. The summed E-state index contributed by atoms with van der Waals surface area (Å²) in [6, 6.07) is 8.45. The van der Waals surface area contributed by atoms with Crippen LogP contribution in [0.1, 0.15) is 31.4 Å². The molecule has 0 saturated carbocycles. The van der Waals surface area contributed by atoms with E-state index < -0.39 is 0 Å². The molecule has 0 saturated heterocycles. The number of ether oxygens (including phenoxy) is 2. The molecule has 1 aromatic rings.